The van der Waals surface area contributed by atoms with Gasteiger partial charge < -0.3 is 9.47 Å². The van der Waals surface area contributed by atoms with Crippen LogP contribution >= 0.6 is 0 Å². The lowest BCUT2D eigenvalue weighted by atomic mass is 10.1. The van der Waals surface area contributed by atoms with E-state index < -0.39 is 0 Å². The van der Waals surface area contributed by atoms with Crippen LogP contribution in [0.2, 0.25) is 0 Å². The van der Waals surface area contributed by atoms with Crippen LogP contribution in [-0.2, 0) is 9.47 Å². The molecule has 2 heteroatoms. The Kier molecular flexibility index (Phi) is 11.0. The zero-order chi connectivity index (χ0) is 9.78. The second-order valence-corrected chi connectivity index (χ2v) is 2.89. The summed E-state index contributed by atoms with van der Waals surface area (Å²) in [6.45, 7) is 3.92. The molecule has 0 aromatic heterocycles. The van der Waals surface area contributed by atoms with Crippen molar-refractivity contribution in [3.05, 3.63) is 0 Å². The summed E-state index contributed by atoms with van der Waals surface area (Å²) in [5, 5.41) is 0. The number of rotatable bonds is 9. The average Bonchev–Trinajstić information content (AvgIpc) is 2.16. The molecule has 0 spiro atoms. The third-order valence-electron chi connectivity index (χ3n) is 1.73. The Bertz CT molecular complexity index is 127. The second kappa shape index (κ2) is 11.5. The van der Waals surface area contributed by atoms with Crippen LogP contribution < -0.4 is 0 Å². The molecule has 0 unspecified atom stereocenters. The molecule has 0 heterocycles. The highest BCUT2D eigenvalue weighted by Crippen LogP contribution is 2.02. The van der Waals surface area contributed by atoms with Gasteiger partial charge in [0.2, 0.25) is 0 Å². The Morgan fingerprint density at radius 1 is 1.08 bits per heavy atom. The molecule has 0 fully saturated rings. The minimum Gasteiger partial charge on any atom is -0.356 e. The van der Waals surface area contributed by atoms with Crippen molar-refractivity contribution in [1.82, 2.24) is 0 Å². The van der Waals surface area contributed by atoms with Crippen LogP contribution in [0.5, 0.6) is 0 Å². The van der Waals surface area contributed by atoms with Gasteiger partial charge in [-0.2, -0.15) is 0 Å². The van der Waals surface area contributed by atoms with Gasteiger partial charge in [-0.15, -0.1) is 12.3 Å². The lowest BCUT2D eigenvalue weighted by molar-refractivity contribution is -0.0502. The molecule has 13 heavy (non-hydrogen) atoms. The van der Waals surface area contributed by atoms with E-state index in [1.54, 1.807) is 0 Å². The van der Waals surface area contributed by atoms with Crippen molar-refractivity contribution in [1.29, 1.82) is 0 Å². The van der Waals surface area contributed by atoms with Crippen molar-refractivity contribution in [2.75, 3.05) is 20.0 Å². The molecule has 0 atom stereocenters. The van der Waals surface area contributed by atoms with E-state index in [4.69, 9.17) is 15.9 Å². The number of terminal acetylenes is 1. The SMILES string of the molecule is C#CCCCCCCOCOCC. The van der Waals surface area contributed by atoms with Gasteiger partial charge in [0.15, 0.2) is 0 Å². The van der Waals surface area contributed by atoms with Crippen LogP contribution in [-0.4, -0.2) is 20.0 Å². The van der Waals surface area contributed by atoms with Gasteiger partial charge in [-0.25, -0.2) is 0 Å². The van der Waals surface area contributed by atoms with Gasteiger partial charge in [0.05, 0.1) is 0 Å². The molecule has 0 aromatic rings. The first kappa shape index (κ1) is 12.5. The molecule has 0 rings (SSSR count). The molecule has 0 bridgehead atoms. The topological polar surface area (TPSA) is 18.5 Å². The fourth-order valence-corrected chi connectivity index (χ4v) is 0.986. The van der Waals surface area contributed by atoms with Crippen molar-refractivity contribution in [3.8, 4) is 12.3 Å². The first-order valence-electron chi connectivity index (χ1n) is 5.00. The molecule has 0 N–H and O–H groups in total. The van der Waals surface area contributed by atoms with Crippen LogP contribution in [0.25, 0.3) is 0 Å². The minimum absolute atomic E-state index is 0.431. The molecule has 0 aliphatic carbocycles. The van der Waals surface area contributed by atoms with Gasteiger partial charge >= 0.3 is 0 Å². The summed E-state index contributed by atoms with van der Waals surface area (Å²) in [7, 11) is 0. The Labute approximate surface area is 81.6 Å². The summed E-state index contributed by atoms with van der Waals surface area (Å²) >= 11 is 0. The smallest absolute Gasteiger partial charge is 0.146 e. The van der Waals surface area contributed by atoms with Crippen molar-refractivity contribution in [2.45, 2.75) is 39.0 Å². The molecule has 0 aliphatic rings. The highest BCUT2D eigenvalue weighted by atomic mass is 16.7. The van der Waals surface area contributed by atoms with Crippen LogP contribution in [0.15, 0.2) is 0 Å². The van der Waals surface area contributed by atoms with E-state index in [1.807, 2.05) is 6.92 Å². The summed E-state index contributed by atoms with van der Waals surface area (Å²) < 4.78 is 10.2. The molecule has 0 aliphatic heterocycles. The largest absolute Gasteiger partial charge is 0.356 e. The van der Waals surface area contributed by atoms with E-state index in [9.17, 15) is 0 Å². The molecule has 76 valence electrons. The highest BCUT2D eigenvalue weighted by Gasteiger charge is 1.89. The molecule has 0 radical (unpaired) electrons. The number of hydrogen-bond acceptors (Lipinski definition) is 2. The van der Waals surface area contributed by atoms with Crippen LogP contribution in [0.4, 0.5) is 0 Å². The molecular weight excluding hydrogens is 164 g/mol. The fraction of sp³-hybridized carbons (Fsp3) is 0.818. The summed E-state index contributed by atoms with van der Waals surface area (Å²) in [6, 6.07) is 0. The normalized spacial score (nSPS) is 9.85. The highest BCUT2D eigenvalue weighted by molar-refractivity contribution is 4.82. The van der Waals surface area contributed by atoms with E-state index in [2.05, 4.69) is 5.92 Å². The third-order valence-corrected chi connectivity index (χ3v) is 1.73. The van der Waals surface area contributed by atoms with Crippen LogP contribution in [0.1, 0.15) is 39.0 Å². The quantitative estimate of drug-likeness (QED) is 0.311. The second-order valence-electron chi connectivity index (χ2n) is 2.89. The first-order chi connectivity index (χ1) is 6.41. The number of hydrogen-bond donors (Lipinski definition) is 0. The third kappa shape index (κ3) is 11.5. The maximum Gasteiger partial charge on any atom is 0.146 e. The molecule has 0 amide bonds. The Morgan fingerprint density at radius 3 is 2.54 bits per heavy atom. The molecule has 2 nitrogen and oxygen atoms in total. The minimum atomic E-state index is 0.431. The Morgan fingerprint density at radius 2 is 1.85 bits per heavy atom. The molecule has 0 aromatic carbocycles. The van der Waals surface area contributed by atoms with Crippen molar-refractivity contribution in [3.63, 3.8) is 0 Å². The van der Waals surface area contributed by atoms with Gasteiger partial charge in [0.25, 0.3) is 0 Å². The van der Waals surface area contributed by atoms with Gasteiger partial charge in [-0.3, -0.25) is 0 Å². The van der Waals surface area contributed by atoms with Crippen molar-refractivity contribution in [2.24, 2.45) is 0 Å². The van der Waals surface area contributed by atoms with Crippen LogP contribution in [0.3, 0.4) is 0 Å². The van der Waals surface area contributed by atoms with E-state index in [0.717, 1.165) is 32.5 Å². The van der Waals surface area contributed by atoms with E-state index in [-0.39, 0.29) is 0 Å². The van der Waals surface area contributed by atoms with E-state index in [1.165, 1.54) is 12.8 Å². The number of unbranched alkanes of at least 4 members (excludes halogenated alkanes) is 4. The Hall–Kier alpha value is -0.520. The maximum absolute atomic E-state index is 5.22. The average molecular weight is 184 g/mol. The van der Waals surface area contributed by atoms with Gasteiger partial charge in [0, 0.05) is 19.6 Å². The Balaban J connectivity index is 2.80. The standard InChI is InChI=1S/C11H20O2/c1-3-5-6-7-8-9-10-13-11-12-4-2/h1H,4-11H2,2H3. The predicted molar refractivity (Wildman–Crippen MR) is 54.4 cm³/mol. The zero-order valence-corrected chi connectivity index (χ0v) is 8.55. The van der Waals surface area contributed by atoms with E-state index >= 15 is 0 Å². The first-order valence-corrected chi connectivity index (χ1v) is 5.00. The zero-order valence-electron chi connectivity index (χ0n) is 8.55. The summed E-state index contributed by atoms with van der Waals surface area (Å²) in [5.41, 5.74) is 0. The lowest BCUT2D eigenvalue weighted by Gasteiger charge is -2.03. The van der Waals surface area contributed by atoms with Gasteiger partial charge in [-0.05, 0) is 19.8 Å². The lowest BCUT2D eigenvalue weighted by Crippen LogP contribution is -2.00. The predicted octanol–water partition coefficient (Wildman–Crippen LogP) is 2.58. The van der Waals surface area contributed by atoms with Gasteiger partial charge in [0.1, 0.15) is 6.79 Å². The molecule has 0 saturated carbocycles. The van der Waals surface area contributed by atoms with Crippen molar-refractivity contribution < 1.29 is 9.47 Å². The summed E-state index contributed by atoms with van der Waals surface area (Å²) in [4.78, 5) is 0. The van der Waals surface area contributed by atoms with Gasteiger partial charge in [-0.1, -0.05) is 12.8 Å². The fourth-order valence-electron chi connectivity index (χ4n) is 0.986. The molecular formula is C11H20O2. The van der Waals surface area contributed by atoms with Crippen LogP contribution in [0, 0.1) is 12.3 Å². The monoisotopic (exact) mass is 184 g/mol. The number of ether oxygens (including phenoxy) is 2. The molecule has 0 saturated heterocycles. The van der Waals surface area contributed by atoms with E-state index in [0.29, 0.717) is 6.79 Å². The van der Waals surface area contributed by atoms with Crippen molar-refractivity contribution >= 4 is 0 Å². The maximum atomic E-state index is 5.22. The summed E-state index contributed by atoms with van der Waals surface area (Å²) in [5.74, 6) is 2.64. The summed E-state index contributed by atoms with van der Waals surface area (Å²) in [6.07, 6.45) is 10.7.